The van der Waals surface area contributed by atoms with E-state index in [1.165, 1.54) is 24.3 Å². The highest BCUT2D eigenvalue weighted by molar-refractivity contribution is 6.17. The van der Waals surface area contributed by atoms with E-state index in [9.17, 15) is 19.2 Å². The van der Waals surface area contributed by atoms with Gasteiger partial charge in [0, 0.05) is 0 Å². The first kappa shape index (κ1) is 15.8. The maximum Gasteiger partial charge on any atom is 0.346 e. The second kappa shape index (κ2) is 5.99. The summed E-state index contributed by atoms with van der Waals surface area (Å²) in [7, 11) is 0. The Morgan fingerprint density at radius 2 is 1.00 bits per heavy atom. The lowest BCUT2D eigenvalue weighted by Gasteiger charge is -2.20. The molecule has 4 rings (SSSR count). The van der Waals surface area contributed by atoms with Crippen LogP contribution in [0.4, 0.5) is 0 Å². The number of carbonyl (C=O) groups excluding carboxylic acids is 4. The molecule has 0 saturated carbocycles. The number of fused-ring (bicyclic) bond motifs is 2. The lowest BCUT2D eigenvalue weighted by Crippen LogP contribution is -2.39. The Balaban J connectivity index is 1.62. The average Bonchev–Trinajstić information content (AvgIpc) is 2.64. The average molecular weight is 350 g/mol. The first-order chi connectivity index (χ1) is 12.6. The zero-order valence-corrected chi connectivity index (χ0v) is 13.1. The predicted octanol–water partition coefficient (Wildman–Crippen LogP) is 1.78. The fourth-order valence-electron chi connectivity index (χ4n) is 2.69. The Kier molecular flexibility index (Phi) is 3.65. The summed E-state index contributed by atoms with van der Waals surface area (Å²) in [5.74, 6) is -2.80. The molecule has 0 radical (unpaired) electrons. The van der Waals surface area contributed by atoms with Crippen LogP contribution >= 0.6 is 0 Å². The molecule has 0 N–H and O–H groups in total. The van der Waals surface area contributed by atoms with Crippen molar-refractivity contribution in [3.63, 3.8) is 0 Å². The van der Waals surface area contributed by atoms with Crippen LogP contribution < -0.4 is 9.47 Å². The van der Waals surface area contributed by atoms with Crippen molar-refractivity contribution in [1.82, 2.24) is 0 Å². The molecular formula is C18H10N2O6. The van der Waals surface area contributed by atoms with Gasteiger partial charge in [-0.25, -0.2) is 9.59 Å². The quantitative estimate of drug-likeness (QED) is 0.353. The van der Waals surface area contributed by atoms with Gasteiger partial charge in [0.15, 0.2) is 0 Å². The third-order valence-corrected chi connectivity index (χ3v) is 3.97. The number of nitrogens with zero attached hydrogens (tertiary/aromatic N) is 2. The first-order valence-electron chi connectivity index (χ1n) is 7.66. The second-order valence-corrected chi connectivity index (χ2v) is 5.60. The van der Waals surface area contributed by atoms with Crippen molar-refractivity contribution in [2.75, 3.05) is 0 Å². The van der Waals surface area contributed by atoms with Crippen molar-refractivity contribution in [3.8, 4) is 11.5 Å². The number of rotatable bonds is 2. The Bertz CT molecular complexity index is 917. The van der Waals surface area contributed by atoms with Gasteiger partial charge in [-0.05, 0) is 24.3 Å². The summed E-state index contributed by atoms with van der Waals surface area (Å²) >= 11 is 0. The van der Waals surface area contributed by atoms with Crippen LogP contribution in [0.2, 0.25) is 0 Å². The highest BCUT2D eigenvalue weighted by atomic mass is 16.5. The zero-order chi connectivity index (χ0) is 18.3. The molecule has 8 nitrogen and oxygen atoms in total. The van der Waals surface area contributed by atoms with Gasteiger partial charge in [-0.2, -0.15) is 10.2 Å². The molecule has 2 atom stereocenters. The van der Waals surface area contributed by atoms with Crippen molar-refractivity contribution in [2.24, 2.45) is 10.2 Å². The Morgan fingerprint density at radius 1 is 0.615 bits per heavy atom. The normalized spacial score (nSPS) is 21.8. The summed E-state index contributed by atoms with van der Waals surface area (Å²) < 4.78 is 10.1. The molecule has 2 aromatic rings. The summed E-state index contributed by atoms with van der Waals surface area (Å²) in [6.45, 7) is 0. The van der Waals surface area contributed by atoms with Gasteiger partial charge >= 0.3 is 11.9 Å². The molecule has 0 spiro atoms. The van der Waals surface area contributed by atoms with Crippen LogP contribution in [0.1, 0.15) is 20.7 Å². The van der Waals surface area contributed by atoms with Crippen LogP contribution in [0.15, 0.2) is 58.8 Å². The number of esters is 2. The molecule has 2 aromatic carbocycles. The number of hydrogen-bond donors (Lipinski definition) is 0. The van der Waals surface area contributed by atoms with Gasteiger partial charge < -0.3 is 9.47 Å². The Hall–Kier alpha value is -3.68. The van der Waals surface area contributed by atoms with Gasteiger partial charge in [-0.15, -0.1) is 0 Å². The molecule has 2 aliphatic rings. The topological polar surface area (TPSA) is 111 Å². The molecule has 2 heterocycles. The minimum Gasteiger partial charge on any atom is -0.424 e. The number of carbonyl (C=O) groups is 4. The van der Waals surface area contributed by atoms with Crippen LogP contribution in [-0.4, -0.2) is 35.6 Å². The van der Waals surface area contributed by atoms with Gasteiger partial charge in [0.25, 0.3) is 0 Å². The van der Waals surface area contributed by atoms with Crippen molar-refractivity contribution in [3.05, 3.63) is 59.7 Å². The van der Waals surface area contributed by atoms with Crippen LogP contribution in [0.25, 0.3) is 0 Å². The standard InChI is InChI=1S/C18H10N2O6/c21-15-9-5-1-3-7-11(9)25-17(23)13(15)19-20-14-16(22)10-6-2-4-8-12(10)26-18(14)24/h1-8,13-14H. The smallest absolute Gasteiger partial charge is 0.346 e. The Labute approximate surface area is 146 Å². The lowest BCUT2D eigenvalue weighted by atomic mass is 10.0. The molecular weight excluding hydrogens is 340 g/mol. The SMILES string of the molecule is O=C1Oc2ccccc2C(=O)C1N=NC1C(=O)Oc2ccccc2C1=O. The molecule has 0 aromatic heterocycles. The maximum absolute atomic E-state index is 12.4. The lowest BCUT2D eigenvalue weighted by molar-refractivity contribution is -0.137. The molecule has 2 aliphatic heterocycles. The summed E-state index contributed by atoms with van der Waals surface area (Å²) in [6.07, 6.45) is 0. The molecule has 0 fully saturated rings. The van der Waals surface area contributed by atoms with Gasteiger partial charge in [-0.3, -0.25) is 9.59 Å². The summed E-state index contributed by atoms with van der Waals surface area (Å²) in [5.41, 5.74) is 0.359. The summed E-state index contributed by atoms with van der Waals surface area (Å²) in [4.78, 5) is 48.8. The largest absolute Gasteiger partial charge is 0.424 e. The molecule has 0 aliphatic carbocycles. The third kappa shape index (κ3) is 2.48. The first-order valence-corrected chi connectivity index (χ1v) is 7.66. The predicted molar refractivity (Wildman–Crippen MR) is 85.2 cm³/mol. The maximum atomic E-state index is 12.4. The van der Waals surface area contributed by atoms with Crippen LogP contribution in [0.3, 0.4) is 0 Å². The molecule has 8 heteroatoms. The number of para-hydroxylation sites is 2. The van der Waals surface area contributed by atoms with Gasteiger partial charge in [0.05, 0.1) is 11.1 Å². The van der Waals surface area contributed by atoms with E-state index in [1.807, 2.05) is 0 Å². The van der Waals surface area contributed by atoms with Gasteiger partial charge in [0.1, 0.15) is 11.5 Å². The molecule has 26 heavy (non-hydrogen) atoms. The highest BCUT2D eigenvalue weighted by Crippen LogP contribution is 2.28. The summed E-state index contributed by atoms with van der Waals surface area (Å²) in [6, 6.07) is 9.28. The van der Waals surface area contributed by atoms with E-state index in [-0.39, 0.29) is 22.6 Å². The number of hydrogen-bond acceptors (Lipinski definition) is 8. The number of ketones is 2. The van der Waals surface area contributed by atoms with Crippen molar-refractivity contribution >= 4 is 23.5 Å². The zero-order valence-electron chi connectivity index (χ0n) is 13.1. The van der Waals surface area contributed by atoms with Crippen molar-refractivity contribution in [1.29, 1.82) is 0 Å². The van der Waals surface area contributed by atoms with E-state index in [0.717, 1.165) is 0 Å². The van der Waals surface area contributed by atoms with E-state index >= 15 is 0 Å². The molecule has 2 unspecified atom stereocenters. The van der Waals surface area contributed by atoms with E-state index in [2.05, 4.69) is 10.2 Å². The number of benzene rings is 2. The van der Waals surface area contributed by atoms with Crippen molar-refractivity contribution in [2.45, 2.75) is 12.1 Å². The minimum absolute atomic E-state index is 0.135. The van der Waals surface area contributed by atoms with E-state index < -0.39 is 35.6 Å². The van der Waals surface area contributed by atoms with Gasteiger partial charge in [0.2, 0.25) is 23.7 Å². The minimum atomic E-state index is -1.57. The number of azo groups is 1. The molecule has 0 amide bonds. The van der Waals surface area contributed by atoms with Gasteiger partial charge in [-0.1, -0.05) is 24.3 Å². The van der Waals surface area contributed by atoms with Crippen molar-refractivity contribution < 1.29 is 28.7 Å². The second-order valence-electron chi connectivity index (χ2n) is 5.60. The fraction of sp³-hybridized carbons (Fsp3) is 0.111. The highest BCUT2D eigenvalue weighted by Gasteiger charge is 2.40. The van der Waals surface area contributed by atoms with Crippen LogP contribution in [-0.2, 0) is 9.59 Å². The molecule has 0 saturated heterocycles. The monoisotopic (exact) mass is 350 g/mol. The molecule has 128 valence electrons. The third-order valence-electron chi connectivity index (χ3n) is 3.97. The Morgan fingerprint density at radius 3 is 1.42 bits per heavy atom. The fourth-order valence-corrected chi connectivity index (χ4v) is 2.69. The van der Waals surface area contributed by atoms with Crippen LogP contribution in [0.5, 0.6) is 11.5 Å². The molecule has 0 bridgehead atoms. The number of Topliss-reactive ketones (excluding diaryl/α,β-unsaturated/α-hetero) is 2. The number of ether oxygens (including phenoxy) is 2. The summed E-state index contributed by atoms with van der Waals surface area (Å²) in [5, 5.41) is 7.24. The van der Waals surface area contributed by atoms with E-state index in [1.54, 1.807) is 24.3 Å². The van der Waals surface area contributed by atoms with E-state index in [0.29, 0.717) is 0 Å². The van der Waals surface area contributed by atoms with E-state index in [4.69, 9.17) is 9.47 Å². The van der Waals surface area contributed by atoms with Crippen LogP contribution in [0, 0.1) is 0 Å².